The molecule has 4 rings (SSSR count). The maximum Gasteiger partial charge on any atom is 0.337 e. The van der Waals surface area contributed by atoms with Gasteiger partial charge in [0.15, 0.2) is 5.43 Å². The second kappa shape index (κ2) is 9.46. The number of carboxylic acids is 1. The first-order valence-electron chi connectivity index (χ1n) is 11.2. The average Bonchev–Trinajstić information content (AvgIpc) is 2.85. The number of carbonyl (C=O) groups is 2. The molecule has 3 aromatic carbocycles. The smallest absolute Gasteiger partial charge is 0.337 e. The first kappa shape index (κ1) is 23.8. The maximum absolute atomic E-state index is 13.4. The lowest BCUT2D eigenvalue weighted by atomic mass is 9.98. The number of hydrogen-bond donors (Lipinski definition) is 3. The third-order valence-electron chi connectivity index (χ3n) is 6.02. The highest BCUT2D eigenvalue weighted by atomic mass is 16.4. The summed E-state index contributed by atoms with van der Waals surface area (Å²) < 4.78 is 6.35. The van der Waals surface area contributed by atoms with E-state index < -0.39 is 5.97 Å². The van der Waals surface area contributed by atoms with Gasteiger partial charge in [-0.3, -0.25) is 9.59 Å². The molecule has 0 aliphatic carbocycles. The summed E-state index contributed by atoms with van der Waals surface area (Å²) in [5, 5.41) is 15.8. The summed E-state index contributed by atoms with van der Waals surface area (Å²) in [4.78, 5) is 36.9. The van der Waals surface area contributed by atoms with Gasteiger partial charge < -0.3 is 20.2 Å². The molecule has 1 aromatic heterocycles. The van der Waals surface area contributed by atoms with E-state index in [9.17, 15) is 19.5 Å². The highest BCUT2D eigenvalue weighted by Gasteiger charge is 2.20. The van der Waals surface area contributed by atoms with Crippen LogP contribution in [-0.2, 0) is 0 Å². The van der Waals surface area contributed by atoms with Gasteiger partial charge in [-0.2, -0.15) is 0 Å². The molecule has 0 saturated heterocycles. The molecule has 0 radical (unpaired) electrons. The predicted molar refractivity (Wildman–Crippen MR) is 136 cm³/mol. The predicted octanol–water partition coefficient (Wildman–Crippen LogP) is 5.31. The molecule has 0 aliphatic rings. The number of benzene rings is 3. The molecule has 1 unspecified atom stereocenters. The molecular formula is C28H26N2O5. The summed E-state index contributed by atoms with van der Waals surface area (Å²) in [5.41, 5.74) is 4.21. The average molecular weight is 471 g/mol. The lowest BCUT2D eigenvalue weighted by Gasteiger charge is -2.20. The van der Waals surface area contributed by atoms with Gasteiger partial charge in [0.05, 0.1) is 17.0 Å². The molecular weight excluding hydrogens is 444 g/mol. The number of nitrogens with one attached hydrogen (secondary N) is 2. The molecule has 7 nitrogen and oxygen atoms in total. The second-order valence-corrected chi connectivity index (χ2v) is 8.49. The minimum Gasteiger partial charge on any atom is -0.478 e. The molecule has 178 valence electrons. The summed E-state index contributed by atoms with van der Waals surface area (Å²) in [7, 11) is 1.57. The molecule has 35 heavy (non-hydrogen) atoms. The fraction of sp³-hybridized carbons (Fsp3) is 0.179. The lowest BCUT2D eigenvalue weighted by molar-refractivity contribution is 0.0697. The van der Waals surface area contributed by atoms with Gasteiger partial charge in [0.2, 0.25) is 0 Å². The summed E-state index contributed by atoms with van der Waals surface area (Å²) in [5.74, 6) is -0.805. The van der Waals surface area contributed by atoms with Crippen LogP contribution in [0.2, 0.25) is 0 Å². The Morgan fingerprint density at radius 2 is 1.69 bits per heavy atom. The van der Waals surface area contributed by atoms with Gasteiger partial charge in [0.25, 0.3) is 5.91 Å². The highest BCUT2D eigenvalue weighted by molar-refractivity contribution is 5.95. The monoisotopic (exact) mass is 470 g/mol. The Balaban J connectivity index is 1.85. The highest BCUT2D eigenvalue weighted by Crippen LogP contribution is 2.32. The van der Waals surface area contributed by atoms with Crippen LogP contribution in [0.3, 0.4) is 0 Å². The van der Waals surface area contributed by atoms with E-state index in [4.69, 9.17) is 4.42 Å². The van der Waals surface area contributed by atoms with Gasteiger partial charge in [0.1, 0.15) is 11.3 Å². The molecule has 7 heteroatoms. The van der Waals surface area contributed by atoms with Crippen molar-refractivity contribution in [2.24, 2.45) is 0 Å². The first-order chi connectivity index (χ1) is 16.7. The number of amides is 1. The van der Waals surface area contributed by atoms with Crippen LogP contribution < -0.4 is 16.1 Å². The van der Waals surface area contributed by atoms with Crippen LogP contribution in [0.5, 0.6) is 0 Å². The Bertz CT molecular complexity index is 1500. The van der Waals surface area contributed by atoms with E-state index in [2.05, 4.69) is 10.6 Å². The van der Waals surface area contributed by atoms with Gasteiger partial charge in [-0.1, -0.05) is 30.3 Å². The van der Waals surface area contributed by atoms with E-state index in [0.29, 0.717) is 39.1 Å². The van der Waals surface area contributed by atoms with Crippen LogP contribution in [0.4, 0.5) is 5.69 Å². The Morgan fingerprint density at radius 1 is 1.00 bits per heavy atom. The maximum atomic E-state index is 13.4. The van der Waals surface area contributed by atoms with Crippen molar-refractivity contribution >= 4 is 28.5 Å². The Kier molecular flexibility index (Phi) is 6.42. The lowest BCUT2D eigenvalue weighted by Crippen LogP contribution is -2.17. The van der Waals surface area contributed by atoms with Crippen LogP contribution in [0.1, 0.15) is 50.4 Å². The Labute approximate surface area is 202 Å². The van der Waals surface area contributed by atoms with Crippen molar-refractivity contribution < 1.29 is 19.1 Å². The number of carboxylic acid groups (broad SMARTS) is 1. The van der Waals surface area contributed by atoms with Gasteiger partial charge in [-0.25, -0.2) is 4.79 Å². The van der Waals surface area contributed by atoms with Gasteiger partial charge in [0, 0.05) is 35.0 Å². The van der Waals surface area contributed by atoms with Crippen molar-refractivity contribution in [2.75, 3.05) is 12.4 Å². The van der Waals surface area contributed by atoms with E-state index in [1.807, 2.05) is 19.9 Å². The number of carbonyl (C=O) groups excluding carboxylic acids is 1. The number of rotatable bonds is 6. The van der Waals surface area contributed by atoms with E-state index in [0.717, 1.165) is 11.1 Å². The Morgan fingerprint density at radius 3 is 2.34 bits per heavy atom. The normalized spacial score (nSPS) is 11.8. The van der Waals surface area contributed by atoms with Gasteiger partial charge >= 0.3 is 5.97 Å². The zero-order valence-electron chi connectivity index (χ0n) is 19.9. The van der Waals surface area contributed by atoms with E-state index in [1.165, 1.54) is 6.07 Å². The molecule has 0 bridgehead atoms. The quantitative estimate of drug-likeness (QED) is 0.353. The van der Waals surface area contributed by atoms with Crippen molar-refractivity contribution in [1.82, 2.24) is 5.32 Å². The SMILES string of the molecule is CNC(=O)c1ccc(-c2oc3c(C(C)Nc4ccccc4C(=O)O)cc(C)cc3c(=O)c2C)cc1. The van der Waals surface area contributed by atoms with Crippen molar-refractivity contribution in [3.05, 3.63) is 98.7 Å². The van der Waals surface area contributed by atoms with E-state index in [1.54, 1.807) is 62.5 Å². The molecule has 1 amide bonds. The van der Waals surface area contributed by atoms with Gasteiger partial charge in [-0.05, 0) is 56.7 Å². The summed E-state index contributed by atoms with van der Waals surface area (Å²) in [6, 6.07) is 16.9. The first-order valence-corrected chi connectivity index (χ1v) is 11.2. The molecule has 0 aliphatic heterocycles. The van der Waals surface area contributed by atoms with E-state index in [-0.39, 0.29) is 22.9 Å². The van der Waals surface area contributed by atoms with Crippen LogP contribution in [0.15, 0.2) is 69.9 Å². The van der Waals surface area contributed by atoms with Crippen LogP contribution in [-0.4, -0.2) is 24.0 Å². The largest absolute Gasteiger partial charge is 0.478 e. The zero-order valence-corrected chi connectivity index (χ0v) is 19.9. The zero-order chi connectivity index (χ0) is 25.3. The summed E-state index contributed by atoms with van der Waals surface area (Å²) in [6.07, 6.45) is 0. The van der Waals surface area contributed by atoms with Crippen molar-refractivity contribution in [3.63, 3.8) is 0 Å². The number of hydrogen-bond acceptors (Lipinski definition) is 5. The van der Waals surface area contributed by atoms with Crippen molar-refractivity contribution in [1.29, 1.82) is 0 Å². The minimum absolute atomic E-state index is 0.139. The fourth-order valence-corrected chi connectivity index (χ4v) is 4.19. The third kappa shape index (κ3) is 4.53. The van der Waals surface area contributed by atoms with Crippen LogP contribution in [0.25, 0.3) is 22.3 Å². The van der Waals surface area contributed by atoms with E-state index >= 15 is 0 Å². The topological polar surface area (TPSA) is 109 Å². The number of fused-ring (bicyclic) bond motifs is 1. The molecule has 1 heterocycles. The summed E-state index contributed by atoms with van der Waals surface area (Å²) in [6.45, 7) is 5.52. The standard InChI is InChI=1S/C28H26N2O5/c1-15-13-21(17(3)30-23-8-6-5-7-20(23)28(33)34)26-22(14-15)24(31)16(2)25(35-26)18-9-11-19(12-10-18)27(32)29-4/h5-14,17,30H,1-4H3,(H,29,32)(H,33,34). The number of para-hydroxylation sites is 1. The molecule has 4 aromatic rings. The molecule has 1 atom stereocenters. The number of anilines is 1. The van der Waals surface area contributed by atoms with Crippen LogP contribution in [0, 0.1) is 13.8 Å². The van der Waals surface area contributed by atoms with Gasteiger partial charge in [-0.15, -0.1) is 0 Å². The number of aryl methyl sites for hydroxylation is 1. The molecule has 3 N–H and O–H groups in total. The minimum atomic E-state index is -1.03. The van der Waals surface area contributed by atoms with Crippen molar-refractivity contribution in [2.45, 2.75) is 26.8 Å². The Hall–Kier alpha value is -4.39. The molecule has 0 fully saturated rings. The fourth-order valence-electron chi connectivity index (χ4n) is 4.19. The third-order valence-corrected chi connectivity index (χ3v) is 6.02. The second-order valence-electron chi connectivity index (χ2n) is 8.49. The number of aromatic carboxylic acids is 1. The molecule has 0 spiro atoms. The molecule has 0 saturated carbocycles. The van der Waals surface area contributed by atoms with Crippen molar-refractivity contribution in [3.8, 4) is 11.3 Å². The van der Waals surface area contributed by atoms with Crippen LogP contribution >= 0.6 is 0 Å². The summed E-state index contributed by atoms with van der Waals surface area (Å²) >= 11 is 0.